The Kier molecular flexibility index (Phi) is 5.02. The second-order valence-electron chi connectivity index (χ2n) is 7.62. The van der Waals surface area contributed by atoms with Crippen LogP contribution in [-0.2, 0) is 4.79 Å². The molecule has 3 heterocycles. The van der Waals surface area contributed by atoms with Gasteiger partial charge in [0.2, 0.25) is 5.91 Å². The molecule has 2 fully saturated rings. The minimum atomic E-state index is 0.186. The number of hydrogen-bond donors (Lipinski definition) is 0. The maximum atomic E-state index is 12.8. The second-order valence-corrected chi connectivity index (χ2v) is 8.63. The summed E-state index contributed by atoms with van der Waals surface area (Å²) in [6.45, 7) is 5.97. The van der Waals surface area contributed by atoms with Crippen LogP contribution in [0.4, 0.5) is 5.13 Å². The minimum Gasteiger partial charge on any atom is -0.497 e. The number of fused-ring (bicyclic) bond motifs is 1. The van der Waals surface area contributed by atoms with Crippen molar-refractivity contribution in [1.82, 2.24) is 9.88 Å². The lowest BCUT2D eigenvalue weighted by atomic mass is 9.93. The highest BCUT2D eigenvalue weighted by molar-refractivity contribution is 7.22. The van der Waals surface area contributed by atoms with Crippen LogP contribution < -0.4 is 9.64 Å². The van der Waals surface area contributed by atoms with E-state index < -0.39 is 0 Å². The van der Waals surface area contributed by atoms with Gasteiger partial charge in [-0.2, -0.15) is 0 Å². The maximum Gasteiger partial charge on any atom is 0.225 e. The first kappa shape index (κ1) is 17.6. The van der Waals surface area contributed by atoms with E-state index in [1.165, 1.54) is 6.42 Å². The highest BCUT2D eigenvalue weighted by Gasteiger charge is 2.31. The van der Waals surface area contributed by atoms with E-state index in [0.29, 0.717) is 11.8 Å². The van der Waals surface area contributed by atoms with Crippen LogP contribution in [0.1, 0.15) is 32.6 Å². The smallest absolute Gasteiger partial charge is 0.225 e. The summed E-state index contributed by atoms with van der Waals surface area (Å²) in [5.41, 5.74) is 1.02. The molecule has 1 aromatic heterocycles. The van der Waals surface area contributed by atoms with Crippen molar-refractivity contribution in [3.8, 4) is 5.75 Å². The van der Waals surface area contributed by atoms with Gasteiger partial charge in [0.15, 0.2) is 5.13 Å². The zero-order valence-electron chi connectivity index (χ0n) is 15.6. The number of anilines is 1. The highest BCUT2D eigenvalue weighted by atomic mass is 32.1. The normalized spacial score (nSPS) is 22.0. The van der Waals surface area contributed by atoms with Gasteiger partial charge in [0.25, 0.3) is 0 Å². The fourth-order valence-corrected chi connectivity index (χ4v) is 5.17. The topological polar surface area (TPSA) is 45.7 Å². The lowest BCUT2D eigenvalue weighted by Crippen LogP contribution is -2.46. The van der Waals surface area contributed by atoms with Crippen LogP contribution in [0, 0.1) is 11.8 Å². The minimum absolute atomic E-state index is 0.186. The number of rotatable bonds is 3. The number of aromatic nitrogens is 1. The molecule has 0 bridgehead atoms. The van der Waals surface area contributed by atoms with Crippen molar-refractivity contribution in [1.29, 1.82) is 0 Å². The van der Waals surface area contributed by atoms with E-state index in [4.69, 9.17) is 9.72 Å². The Morgan fingerprint density at radius 3 is 2.77 bits per heavy atom. The Bertz CT molecular complexity index is 782. The van der Waals surface area contributed by atoms with E-state index in [-0.39, 0.29) is 5.92 Å². The summed E-state index contributed by atoms with van der Waals surface area (Å²) in [7, 11) is 1.69. The van der Waals surface area contributed by atoms with Crippen LogP contribution >= 0.6 is 11.3 Å². The molecule has 0 spiro atoms. The number of hydrogen-bond acceptors (Lipinski definition) is 5. The summed E-state index contributed by atoms with van der Waals surface area (Å²) in [5.74, 6) is 2.08. The molecule has 5 nitrogen and oxygen atoms in total. The number of thiazole rings is 1. The molecule has 0 saturated carbocycles. The van der Waals surface area contributed by atoms with Crippen molar-refractivity contribution >= 4 is 32.6 Å². The summed E-state index contributed by atoms with van der Waals surface area (Å²) >= 11 is 1.71. The van der Waals surface area contributed by atoms with Gasteiger partial charge in [0.05, 0.1) is 17.3 Å². The first-order valence-corrected chi connectivity index (χ1v) is 10.4. The Morgan fingerprint density at radius 2 is 2.04 bits per heavy atom. The van der Waals surface area contributed by atoms with Gasteiger partial charge in [-0.3, -0.25) is 4.79 Å². The fraction of sp³-hybridized carbons (Fsp3) is 0.600. The van der Waals surface area contributed by atoms with Crippen LogP contribution in [0.2, 0.25) is 0 Å². The van der Waals surface area contributed by atoms with E-state index in [2.05, 4.69) is 16.7 Å². The number of amides is 1. The molecule has 1 amide bonds. The number of carbonyl (C=O) groups is 1. The molecule has 2 aliphatic rings. The number of methoxy groups -OCH3 is 1. The van der Waals surface area contributed by atoms with Crippen molar-refractivity contribution in [3.63, 3.8) is 0 Å². The molecule has 1 unspecified atom stereocenters. The summed E-state index contributed by atoms with van der Waals surface area (Å²) in [6.07, 6.45) is 4.28. The SMILES string of the molecule is COc1ccc2nc(N3CCC(C(=O)N4CCCC(C)C4)CC3)sc2c1. The number of likely N-dealkylation sites (tertiary alicyclic amines) is 1. The standard InChI is InChI=1S/C20H27N3O2S/c1-14-4-3-9-23(13-14)19(24)15-7-10-22(11-8-15)20-21-17-6-5-16(25-2)12-18(17)26-20/h5-6,12,14-15H,3-4,7-11,13H2,1-2H3. The summed E-state index contributed by atoms with van der Waals surface area (Å²) in [6, 6.07) is 6.02. The van der Waals surface area contributed by atoms with Crippen LogP contribution in [0.25, 0.3) is 10.2 Å². The van der Waals surface area contributed by atoms with Crippen molar-refractivity contribution in [2.24, 2.45) is 11.8 Å². The van der Waals surface area contributed by atoms with Gasteiger partial charge >= 0.3 is 0 Å². The Hall–Kier alpha value is -1.82. The molecule has 2 saturated heterocycles. The average Bonchev–Trinajstić information content (AvgIpc) is 3.10. The number of nitrogens with zero attached hydrogens (tertiary/aromatic N) is 3. The van der Waals surface area contributed by atoms with E-state index in [1.807, 2.05) is 18.2 Å². The van der Waals surface area contributed by atoms with Gasteiger partial charge in [-0.05, 0) is 49.8 Å². The quantitative estimate of drug-likeness (QED) is 0.821. The summed E-state index contributed by atoms with van der Waals surface area (Å²) in [4.78, 5) is 22.1. The maximum absolute atomic E-state index is 12.8. The van der Waals surface area contributed by atoms with Gasteiger partial charge in [0.1, 0.15) is 5.75 Å². The number of carbonyl (C=O) groups excluding carboxylic acids is 1. The molecule has 2 aromatic rings. The van der Waals surface area contributed by atoms with Crippen LogP contribution in [-0.4, -0.2) is 49.1 Å². The molecule has 4 rings (SSSR count). The molecule has 6 heteroatoms. The lowest BCUT2D eigenvalue weighted by Gasteiger charge is -2.37. The third kappa shape index (κ3) is 3.52. The third-order valence-corrected chi connectivity index (χ3v) is 6.75. The Morgan fingerprint density at radius 1 is 1.23 bits per heavy atom. The molecular weight excluding hydrogens is 346 g/mol. The molecular formula is C20H27N3O2S. The molecule has 0 N–H and O–H groups in total. The van der Waals surface area contributed by atoms with E-state index in [9.17, 15) is 4.79 Å². The van der Waals surface area contributed by atoms with Gasteiger partial charge in [-0.1, -0.05) is 18.3 Å². The molecule has 140 valence electrons. The zero-order valence-corrected chi connectivity index (χ0v) is 16.4. The van der Waals surface area contributed by atoms with Crippen LogP contribution in [0.15, 0.2) is 18.2 Å². The first-order valence-electron chi connectivity index (χ1n) is 9.62. The van der Waals surface area contributed by atoms with Crippen molar-refractivity contribution in [2.45, 2.75) is 32.6 Å². The Labute approximate surface area is 159 Å². The molecule has 26 heavy (non-hydrogen) atoms. The Balaban J connectivity index is 1.39. The number of piperidine rings is 2. The van der Waals surface area contributed by atoms with Gasteiger partial charge < -0.3 is 14.5 Å². The summed E-state index contributed by atoms with van der Waals surface area (Å²) < 4.78 is 6.46. The molecule has 1 atom stereocenters. The molecule has 0 radical (unpaired) electrons. The monoisotopic (exact) mass is 373 g/mol. The zero-order chi connectivity index (χ0) is 18.1. The van der Waals surface area contributed by atoms with E-state index in [0.717, 1.165) is 66.5 Å². The predicted molar refractivity (Wildman–Crippen MR) is 106 cm³/mol. The molecule has 0 aliphatic carbocycles. The highest BCUT2D eigenvalue weighted by Crippen LogP contribution is 2.34. The predicted octanol–water partition coefficient (Wildman–Crippen LogP) is 3.78. The number of benzene rings is 1. The van der Waals surface area contributed by atoms with Crippen molar-refractivity contribution in [3.05, 3.63) is 18.2 Å². The van der Waals surface area contributed by atoms with Crippen molar-refractivity contribution < 1.29 is 9.53 Å². The largest absolute Gasteiger partial charge is 0.497 e. The van der Waals surface area contributed by atoms with E-state index in [1.54, 1.807) is 18.4 Å². The van der Waals surface area contributed by atoms with Gasteiger partial charge in [0, 0.05) is 32.1 Å². The fourth-order valence-electron chi connectivity index (χ4n) is 4.12. The van der Waals surface area contributed by atoms with Gasteiger partial charge in [-0.15, -0.1) is 0 Å². The molecule has 1 aromatic carbocycles. The lowest BCUT2D eigenvalue weighted by molar-refractivity contribution is -0.137. The van der Waals surface area contributed by atoms with Crippen LogP contribution in [0.3, 0.4) is 0 Å². The van der Waals surface area contributed by atoms with E-state index >= 15 is 0 Å². The van der Waals surface area contributed by atoms with Crippen molar-refractivity contribution in [2.75, 3.05) is 38.2 Å². The van der Waals surface area contributed by atoms with Crippen LogP contribution in [0.5, 0.6) is 5.75 Å². The second kappa shape index (κ2) is 7.43. The third-order valence-electron chi connectivity index (χ3n) is 5.67. The number of ether oxygens (including phenoxy) is 1. The summed E-state index contributed by atoms with van der Waals surface area (Å²) in [5, 5.41) is 1.06. The average molecular weight is 374 g/mol. The van der Waals surface area contributed by atoms with Gasteiger partial charge in [-0.25, -0.2) is 4.98 Å². The first-order chi connectivity index (χ1) is 12.6. The molecule has 2 aliphatic heterocycles.